The summed E-state index contributed by atoms with van der Waals surface area (Å²) in [4.78, 5) is 5.27. The molecule has 3 aromatic carbocycles. The molecule has 0 bridgehead atoms. The van der Waals surface area contributed by atoms with Gasteiger partial charge in [0.25, 0.3) is 0 Å². The topological polar surface area (TPSA) is 65.0 Å². The lowest BCUT2D eigenvalue weighted by Gasteiger charge is -2.16. The van der Waals surface area contributed by atoms with Crippen LogP contribution in [0.5, 0.6) is 5.75 Å². The van der Waals surface area contributed by atoms with E-state index >= 15 is 0 Å². The van der Waals surface area contributed by atoms with Crippen LogP contribution in [0.2, 0.25) is 10.0 Å². The second-order valence-corrected chi connectivity index (χ2v) is 11.0. The molecule has 4 rings (SSSR count). The summed E-state index contributed by atoms with van der Waals surface area (Å²) in [5.74, 6) is 0.622. The van der Waals surface area contributed by atoms with E-state index in [1.165, 1.54) is 6.26 Å². The Kier molecular flexibility index (Phi) is 7.63. The number of benzene rings is 3. The van der Waals surface area contributed by atoms with Crippen LogP contribution in [0.4, 0.5) is 5.69 Å². The van der Waals surface area contributed by atoms with Gasteiger partial charge in [-0.3, -0.25) is 4.99 Å². The van der Waals surface area contributed by atoms with E-state index in [0.29, 0.717) is 32.7 Å². The molecule has 0 saturated heterocycles. The number of fused-ring (bicyclic) bond motifs is 1. The maximum absolute atomic E-state index is 11.7. The largest absolute Gasteiger partial charge is 0.467 e. The summed E-state index contributed by atoms with van der Waals surface area (Å²) in [5.41, 5.74) is 5.17. The number of ether oxygens (including phenoxy) is 2. The molecule has 0 atom stereocenters. The van der Waals surface area contributed by atoms with E-state index in [9.17, 15) is 8.42 Å². The van der Waals surface area contributed by atoms with Crippen molar-refractivity contribution in [2.75, 3.05) is 20.2 Å². The minimum atomic E-state index is -3.23. The second kappa shape index (κ2) is 10.5. The van der Waals surface area contributed by atoms with Crippen LogP contribution in [0, 0.1) is 0 Å². The molecule has 0 unspecified atom stereocenters. The minimum Gasteiger partial charge on any atom is -0.467 e. The summed E-state index contributed by atoms with van der Waals surface area (Å²) in [7, 11) is -1.66. The number of aliphatic imine (C=N–C) groups is 1. The van der Waals surface area contributed by atoms with Crippen molar-refractivity contribution in [2.24, 2.45) is 4.99 Å². The first-order chi connectivity index (χ1) is 16.3. The highest BCUT2D eigenvalue weighted by atomic mass is 35.5. The number of halogens is 2. The summed E-state index contributed by atoms with van der Waals surface area (Å²) < 4.78 is 34.3. The van der Waals surface area contributed by atoms with E-state index < -0.39 is 9.84 Å². The van der Waals surface area contributed by atoms with Crippen molar-refractivity contribution in [3.8, 4) is 16.9 Å². The first kappa shape index (κ1) is 24.7. The average molecular weight is 518 g/mol. The number of sulfone groups is 1. The molecule has 0 aromatic heterocycles. The van der Waals surface area contributed by atoms with Gasteiger partial charge in [-0.25, -0.2) is 8.42 Å². The summed E-state index contributed by atoms with van der Waals surface area (Å²) in [6.07, 6.45) is 4.38. The molecule has 0 N–H and O–H groups in total. The van der Waals surface area contributed by atoms with Gasteiger partial charge in [-0.1, -0.05) is 53.5 Å². The zero-order chi connectivity index (χ0) is 24.3. The highest BCUT2D eigenvalue weighted by Gasteiger charge is 2.22. The highest BCUT2D eigenvalue weighted by Crippen LogP contribution is 2.47. The van der Waals surface area contributed by atoms with Crippen molar-refractivity contribution in [1.82, 2.24) is 0 Å². The number of aryl methyl sites for hydroxylation is 1. The quantitative estimate of drug-likeness (QED) is 0.327. The molecule has 0 spiro atoms. The van der Waals surface area contributed by atoms with Gasteiger partial charge in [-0.05, 0) is 54.7 Å². The Morgan fingerprint density at radius 3 is 2.47 bits per heavy atom. The fourth-order valence-corrected chi connectivity index (χ4v) is 5.43. The minimum absolute atomic E-state index is 0.109. The lowest BCUT2D eigenvalue weighted by molar-refractivity contribution is 0.0515. The molecule has 1 aliphatic rings. The van der Waals surface area contributed by atoms with Crippen LogP contribution in [0.25, 0.3) is 11.1 Å². The smallest absolute Gasteiger partial charge is 0.188 e. The Balaban J connectivity index is 1.73. The average Bonchev–Trinajstić information content (AvgIpc) is 3.00. The second-order valence-electron chi connectivity index (χ2n) is 8.23. The van der Waals surface area contributed by atoms with Gasteiger partial charge >= 0.3 is 0 Å². The van der Waals surface area contributed by atoms with Crippen LogP contribution >= 0.6 is 23.2 Å². The van der Waals surface area contributed by atoms with Gasteiger partial charge in [0.1, 0.15) is 5.75 Å². The summed E-state index contributed by atoms with van der Waals surface area (Å²) in [6.45, 7) is 0.109. The Bertz CT molecular complexity index is 1340. The maximum Gasteiger partial charge on any atom is 0.188 e. The Morgan fingerprint density at radius 2 is 1.76 bits per heavy atom. The third kappa shape index (κ3) is 5.47. The van der Waals surface area contributed by atoms with Crippen LogP contribution < -0.4 is 4.74 Å². The van der Waals surface area contributed by atoms with Crippen LogP contribution in [-0.4, -0.2) is 34.3 Å². The molecule has 3 aromatic rings. The molecule has 178 valence electrons. The number of hydrogen-bond donors (Lipinski definition) is 0. The monoisotopic (exact) mass is 517 g/mol. The molecular formula is C26H25Cl2NO4S. The van der Waals surface area contributed by atoms with E-state index in [0.717, 1.165) is 47.4 Å². The number of rotatable bonds is 7. The third-order valence-electron chi connectivity index (χ3n) is 5.70. The fourth-order valence-electron chi connectivity index (χ4n) is 4.05. The first-order valence-corrected chi connectivity index (χ1v) is 13.5. The molecule has 1 aliphatic heterocycles. The predicted molar refractivity (Wildman–Crippen MR) is 138 cm³/mol. The van der Waals surface area contributed by atoms with Crippen molar-refractivity contribution in [3.05, 3.63) is 75.8 Å². The molecule has 8 heteroatoms. The number of para-hydroxylation sites is 1. The highest BCUT2D eigenvalue weighted by molar-refractivity contribution is 7.90. The first-order valence-electron chi connectivity index (χ1n) is 10.9. The summed E-state index contributed by atoms with van der Waals surface area (Å²) in [6, 6.07) is 16.4. The molecular weight excluding hydrogens is 493 g/mol. The zero-order valence-corrected chi connectivity index (χ0v) is 21.3. The Morgan fingerprint density at radius 1 is 1.03 bits per heavy atom. The van der Waals surface area contributed by atoms with E-state index in [1.54, 1.807) is 19.2 Å². The van der Waals surface area contributed by atoms with Crippen molar-refractivity contribution in [3.63, 3.8) is 0 Å². The summed E-state index contributed by atoms with van der Waals surface area (Å²) >= 11 is 13.6. The molecule has 1 heterocycles. The third-order valence-corrected chi connectivity index (χ3v) is 7.50. The SMILES string of the molecule is COCOc1ccccc1-c1c(Cl)cc2c(c1Cl)N=C(Cc1ccc(S(C)(=O)=O)cc1)CCC2. The number of hydrogen-bond acceptors (Lipinski definition) is 5. The van der Waals surface area contributed by atoms with Crippen molar-refractivity contribution in [2.45, 2.75) is 30.6 Å². The molecule has 0 aliphatic carbocycles. The van der Waals surface area contributed by atoms with Gasteiger partial charge in [-0.2, -0.15) is 0 Å². The van der Waals surface area contributed by atoms with E-state index in [4.69, 9.17) is 37.7 Å². The van der Waals surface area contributed by atoms with Crippen LogP contribution in [0.1, 0.15) is 24.0 Å². The lowest BCUT2D eigenvalue weighted by atomic mass is 9.99. The Labute approximate surface area is 210 Å². The summed E-state index contributed by atoms with van der Waals surface area (Å²) in [5, 5.41) is 1.04. The zero-order valence-electron chi connectivity index (χ0n) is 19.0. The van der Waals surface area contributed by atoms with E-state index in [2.05, 4.69) is 0 Å². The van der Waals surface area contributed by atoms with Crippen molar-refractivity contribution < 1.29 is 17.9 Å². The van der Waals surface area contributed by atoms with Gasteiger partial charge in [0.15, 0.2) is 16.6 Å². The maximum atomic E-state index is 11.7. The van der Waals surface area contributed by atoms with Crippen molar-refractivity contribution >= 4 is 44.4 Å². The van der Waals surface area contributed by atoms with Crippen LogP contribution in [0.15, 0.2) is 64.5 Å². The van der Waals surface area contributed by atoms with Crippen molar-refractivity contribution in [1.29, 1.82) is 0 Å². The lowest BCUT2D eigenvalue weighted by Crippen LogP contribution is -2.03. The predicted octanol–water partition coefficient (Wildman–Crippen LogP) is 6.70. The van der Waals surface area contributed by atoms with Gasteiger partial charge in [0.05, 0.1) is 20.6 Å². The normalized spacial score (nSPS) is 13.7. The van der Waals surface area contributed by atoms with Gasteiger partial charge in [0.2, 0.25) is 0 Å². The van der Waals surface area contributed by atoms with Crippen LogP contribution in [-0.2, 0) is 27.4 Å². The molecule has 0 amide bonds. The number of methoxy groups -OCH3 is 1. The van der Waals surface area contributed by atoms with E-state index in [1.807, 2.05) is 42.5 Å². The standard InChI is InChI=1S/C26H25Cl2NO4S/c1-32-16-33-23-9-4-3-8-21(23)24-22(27)15-18-6-5-7-19(29-26(18)25(24)28)14-17-10-12-20(13-11-17)34(2,30)31/h3-4,8-13,15H,5-7,14,16H2,1-2H3. The Hall–Kier alpha value is -2.38. The van der Waals surface area contributed by atoms with Crippen LogP contribution in [0.3, 0.4) is 0 Å². The molecule has 0 saturated carbocycles. The number of nitrogens with zero attached hydrogens (tertiary/aromatic N) is 1. The fraction of sp³-hybridized carbons (Fsp3) is 0.269. The van der Waals surface area contributed by atoms with Gasteiger partial charge in [0, 0.05) is 36.6 Å². The molecule has 5 nitrogen and oxygen atoms in total. The van der Waals surface area contributed by atoms with Gasteiger partial charge < -0.3 is 9.47 Å². The molecule has 0 radical (unpaired) electrons. The molecule has 0 fully saturated rings. The molecule has 34 heavy (non-hydrogen) atoms. The van der Waals surface area contributed by atoms with Gasteiger partial charge in [-0.15, -0.1) is 0 Å². The van der Waals surface area contributed by atoms with E-state index in [-0.39, 0.29) is 6.79 Å².